The van der Waals surface area contributed by atoms with E-state index in [4.69, 9.17) is 16.6 Å². The van der Waals surface area contributed by atoms with Crippen molar-refractivity contribution < 1.29 is 9.59 Å². The van der Waals surface area contributed by atoms with Gasteiger partial charge in [-0.1, -0.05) is 29.8 Å². The summed E-state index contributed by atoms with van der Waals surface area (Å²) in [5, 5.41) is 2.61. The fraction of sp³-hybridized carbons (Fsp3) is 0.333. The molecule has 0 saturated carbocycles. The summed E-state index contributed by atoms with van der Waals surface area (Å²) in [5.41, 5.74) is 3.33. The maximum absolute atomic E-state index is 12.9. The van der Waals surface area contributed by atoms with Crippen LogP contribution in [0.4, 0.5) is 5.95 Å². The SMILES string of the molecule is Cc1nc(N2CCN(C(=O)c3cccs3)CC2)nc2c1C(=O)C[C@@H](c1ccc(Cl)cc1)C2. The summed E-state index contributed by atoms with van der Waals surface area (Å²) in [6.07, 6.45) is 1.16. The first kappa shape index (κ1) is 21.1. The van der Waals surface area contributed by atoms with Crippen LogP contribution in [0.25, 0.3) is 0 Å². The fourth-order valence-electron chi connectivity index (χ4n) is 4.54. The Morgan fingerprint density at radius 1 is 1.06 bits per heavy atom. The molecule has 32 heavy (non-hydrogen) atoms. The topological polar surface area (TPSA) is 66.4 Å². The van der Waals surface area contributed by atoms with Gasteiger partial charge in [0.2, 0.25) is 5.95 Å². The van der Waals surface area contributed by atoms with Gasteiger partial charge in [0.1, 0.15) is 0 Å². The Morgan fingerprint density at radius 2 is 1.81 bits per heavy atom. The van der Waals surface area contributed by atoms with Crippen LogP contribution in [-0.4, -0.2) is 52.7 Å². The lowest BCUT2D eigenvalue weighted by atomic mass is 9.81. The van der Waals surface area contributed by atoms with Crippen LogP contribution < -0.4 is 4.90 Å². The van der Waals surface area contributed by atoms with Crippen molar-refractivity contribution in [3.8, 4) is 0 Å². The molecular weight excluding hydrogens is 444 g/mol. The average Bonchev–Trinajstić information content (AvgIpc) is 3.33. The Kier molecular flexibility index (Phi) is 5.69. The van der Waals surface area contributed by atoms with Crippen molar-refractivity contribution in [1.29, 1.82) is 0 Å². The quantitative estimate of drug-likeness (QED) is 0.573. The molecule has 0 unspecified atom stereocenters. The molecule has 1 aliphatic heterocycles. The maximum atomic E-state index is 12.9. The number of benzene rings is 1. The van der Waals surface area contributed by atoms with E-state index in [-0.39, 0.29) is 17.6 Å². The fourth-order valence-corrected chi connectivity index (χ4v) is 5.35. The number of anilines is 1. The van der Waals surface area contributed by atoms with Gasteiger partial charge in [0.25, 0.3) is 5.91 Å². The minimum Gasteiger partial charge on any atom is -0.337 e. The molecule has 3 aromatic rings. The van der Waals surface area contributed by atoms with E-state index >= 15 is 0 Å². The van der Waals surface area contributed by atoms with Crippen LogP contribution in [0.1, 0.15) is 49.3 Å². The molecular formula is C24H23ClN4O2S. The van der Waals surface area contributed by atoms with Gasteiger partial charge in [-0.15, -0.1) is 11.3 Å². The molecule has 5 rings (SSSR count). The Labute approximate surface area is 195 Å². The molecule has 0 bridgehead atoms. The van der Waals surface area contributed by atoms with Gasteiger partial charge in [-0.25, -0.2) is 9.97 Å². The molecule has 2 aliphatic rings. The lowest BCUT2D eigenvalue weighted by Gasteiger charge is -2.35. The lowest BCUT2D eigenvalue weighted by molar-refractivity contribution is 0.0750. The monoisotopic (exact) mass is 466 g/mol. The van der Waals surface area contributed by atoms with Gasteiger partial charge in [-0.2, -0.15) is 0 Å². The highest BCUT2D eigenvalue weighted by Crippen LogP contribution is 2.34. The van der Waals surface area contributed by atoms with Crippen molar-refractivity contribution in [3.05, 3.63) is 74.2 Å². The molecule has 6 nitrogen and oxygen atoms in total. The van der Waals surface area contributed by atoms with Crippen molar-refractivity contribution in [2.75, 3.05) is 31.1 Å². The molecule has 0 spiro atoms. The van der Waals surface area contributed by atoms with Crippen molar-refractivity contribution in [2.45, 2.75) is 25.7 Å². The predicted molar refractivity (Wildman–Crippen MR) is 126 cm³/mol. The normalized spacial score (nSPS) is 18.6. The predicted octanol–water partition coefficient (Wildman–Crippen LogP) is 4.38. The van der Waals surface area contributed by atoms with E-state index in [0.29, 0.717) is 55.6 Å². The highest BCUT2D eigenvalue weighted by Gasteiger charge is 2.31. The Morgan fingerprint density at radius 3 is 2.50 bits per heavy atom. The van der Waals surface area contributed by atoms with Crippen molar-refractivity contribution in [3.63, 3.8) is 0 Å². The number of rotatable bonds is 3. The number of ketones is 1. The number of hydrogen-bond acceptors (Lipinski definition) is 6. The number of carbonyl (C=O) groups excluding carboxylic acids is 2. The molecule has 0 radical (unpaired) electrons. The number of nitrogens with zero attached hydrogens (tertiary/aromatic N) is 4. The number of piperazine rings is 1. The number of hydrogen-bond donors (Lipinski definition) is 0. The summed E-state index contributed by atoms with van der Waals surface area (Å²) in [5.74, 6) is 0.920. The number of fused-ring (bicyclic) bond motifs is 1. The molecule has 8 heteroatoms. The molecule has 164 valence electrons. The minimum atomic E-state index is 0.0820. The summed E-state index contributed by atoms with van der Waals surface area (Å²) in [4.78, 5) is 39.8. The first-order valence-electron chi connectivity index (χ1n) is 10.7. The zero-order valence-corrected chi connectivity index (χ0v) is 19.3. The first-order valence-corrected chi connectivity index (χ1v) is 12.0. The van der Waals surface area contributed by atoms with E-state index in [1.54, 1.807) is 0 Å². The second kappa shape index (κ2) is 8.64. The largest absolute Gasteiger partial charge is 0.337 e. The highest BCUT2D eigenvalue weighted by atomic mass is 35.5. The number of thiophene rings is 1. The minimum absolute atomic E-state index is 0.0820. The summed E-state index contributed by atoms with van der Waals surface area (Å²) in [6.45, 7) is 4.49. The van der Waals surface area contributed by atoms with E-state index in [0.717, 1.165) is 21.8 Å². The van der Waals surface area contributed by atoms with E-state index in [9.17, 15) is 9.59 Å². The summed E-state index contributed by atoms with van der Waals surface area (Å²) < 4.78 is 0. The third-order valence-electron chi connectivity index (χ3n) is 6.23. The Hall–Kier alpha value is -2.77. The van der Waals surface area contributed by atoms with Crippen LogP contribution in [0.15, 0.2) is 41.8 Å². The first-order chi connectivity index (χ1) is 15.5. The standard InChI is InChI=1S/C24H23ClN4O2S/c1-15-22-19(13-17(14-20(22)30)16-4-6-18(25)7-5-16)27-24(26-15)29-10-8-28(9-11-29)23(31)21-3-2-12-32-21/h2-7,12,17H,8-11,13-14H2,1H3/t17-/m0/s1. The number of Topliss-reactive ketones (excluding diaryl/α,β-unsaturated/α-hetero) is 1. The zero-order chi connectivity index (χ0) is 22.2. The second-order valence-electron chi connectivity index (χ2n) is 8.27. The van der Waals surface area contributed by atoms with Gasteiger partial charge in [-0.3, -0.25) is 9.59 Å². The van der Waals surface area contributed by atoms with Gasteiger partial charge < -0.3 is 9.80 Å². The second-order valence-corrected chi connectivity index (χ2v) is 9.65. The van der Waals surface area contributed by atoms with E-state index in [1.165, 1.54) is 11.3 Å². The molecule has 1 aromatic carbocycles. The van der Waals surface area contributed by atoms with Gasteiger partial charge in [-0.05, 0) is 48.4 Å². The van der Waals surface area contributed by atoms with Crippen LogP contribution in [-0.2, 0) is 6.42 Å². The molecule has 0 N–H and O–H groups in total. The van der Waals surface area contributed by atoms with Crippen LogP contribution >= 0.6 is 22.9 Å². The number of amides is 1. The van der Waals surface area contributed by atoms with Gasteiger partial charge in [0.15, 0.2) is 5.78 Å². The third kappa shape index (κ3) is 4.02. The number of halogens is 1. The lowest BCUT2D eigenvalue weighted by Crippen LogP contribution is -2.49. The summed E-state index contributed by atoms with van der Waals surface area (Å²) in [6, 6.07) is 11.5. The van der Waals surface area contributed by atoms with Crippen molar-refractivity contribution >= 4 is 40.6 Å². The van der Waals surface area contributed by atoms with Gasteiger partial charge >= 0.3 is 0 Å². The molecule has 2 aromatic heterocycles. The van der Waals surface area contributed by atoms with Crippen LogP contribution in [0.2, 0.25) is 5.02 Å². The molecule has 1 atom stereocenters. The molecule has 1 amide bonds. The number of aromatic nitrogens is 2. The van der Waals surface area contributed by atoms with E-state index < -0.39 is 0 Å². The third-order valence-corrected chi connectivity index (χ3v) is 7.34. The van der Waals surface area contributed by atoms with Crippen molar-refractivity contribution in [1.82, 2.24) is 14.9 Å². The molecule has 1 saturated heterocycles. The number of aryl methyl sites for hydroxylation is 1. The molecule has 1 fully saturated rings. The summed E-state index contributed by atoms with van der Waals surface area (Å²) >= 11 is 7.50. The smallest absolute Gasteiger partial charge is 0.264 e. The van der Waals surface area contributed by atoms with Crippen LogP contribution in [0, 0.1) is 6.92 Å². The van der Waals surface area contributed by atoms with E-state index in [2.05, 4.69) is 9.88 Å². The van der Waals surface area contributed by atoms with Crippen LogP contribution in [0.3, 0.4) is 0 Å². The molecule has 1 aliphatic carbocycles. The van der Waals surface area contributed by atoms with E-state index in [1.807, 2.05) is 53.6 Å². The average molecular weight is 467 g/mol. The van der Waals surface area contributed by atoms with Crippen molar-refractivity contribution in [2.24, 2.45) is 0 Å². The number of carbonyl (C=O) groups is 2. The Bertz CT molecular complexity index is 1160. The Balaban J connectivity index is 1.34. The van der Waals surface area contributed by atoms with Crippen LogP contribution in [0.5, 0.6) is 0 Å². The maximum Gasteiger partial charge on any atom is 0.264 e. The van der Waals surface area contributed by atoms with Gasteiger partial charge in [0.05, 0.1) is 21.8 Å². The zero-order valence-electron chi connectivity index (χ0n) is 17.8. The summed E-state index contributed by atoms with van der Waals surface area (Å²) in [7, 11) is 0. The van der Waals surface area contributed by atoms with Gasteiger partial charge in [0, 0.05) is 37.6 Å². The highest BCUT2D eigenvalue weighted by molar-refractivity contribution is 7.12. The molecule has 3 heterocycles.